The number of hydrogen-bond donors (Lipinski definition) is 5. The highest BCUT2D eigenvalue weighted by Crippen LogP contribution is 2.40. The smallest absolute Gasteiger partial charge is 0.323 e. The second-order valence-electron chi connectivity index (χ2n) is 18.8. The molecule has 0 radical (unpaired) electrons. The highest BCUT2D eigenvalue weighted by Gasteiger charge is 2.53. The van der Waals surface area contributed by atoms with Crippen LogP contribution in [-0.4, -0.2) is 152 Å². The van der Waals surface area contributed by atoms with Gasteiger partial charge >= 0.3 is 6.03 Å². The number of carbonyl (C=O) groups is 7. The number of furan rings is 1. The van der Waals surface area contributed by atoms with Gasteiger partial charge in [0, 0.05) is 72.5 Å². The predicted molar refractivity (Wildman–Crippen MR) is 280 cm³/mol. The topological polar surface area (TPSA) is 293 Å². The summed E-state index contributed by atoms with van der Waals surface area (Å²) < 4.78 is 38.9. The molecule has 2 saturated heterocycles. The van der Waals surface area contributed by atoms with E-state index < -0.39 is 56.3 Å². The molecule has 4 aromatic carbocycles. The van der Waals surface area contributed by atoms with E-state index in [0.29, 0.717) is 76.0 Å². The van der Waals surface area contributed by atoms with Crippen LogP contribution in [-0.2, 0) is 42.9 Å². The van der Waals surface area contributed by atoms with Crippen molar-refractivity contribution >= 4 is 68.2 Å². The van der Waals surface area contributed by atoms with Crippen LogP contribution in [0.1, 0.15) is 86.3 Å². The number of ether oxygens (including phenoxy) is 2. The van der Waals surface area contributed by atoms with Crippen LogP contribution in [0.25, 0.3) is 11.0 Å². The molecule has 402 valence electrons. The molecule has 4 aliphatic heterocycles. The van der Waals surface area contributed by atoms with Crippen molar-refractivity contribution in [1.82, 2.24) is 35.6 Å². The van der Waals surface area contributed by atoms with Gasteiger partial charge in [0.25, 0.3) is 17.7 Å². The number of ketones is 1. The zero-order chi connectivity index (χ0) is 55.4. The van der Waals surface area contributed by atoms with Crippen molar-refractivity contribution in [2.75, 3.05) is 65.8 Å². The third kappa shape index (κ3) is 11.5. The molecular formula is C54H57N9O13S. The number of Topliss-reactive ketones (excluding diaryl/α,β-unsaturated/α-hetero) is 1. The van der Waals surface area contributed by atoms with Crippen molar-refractivity contribution in [1.29, 1.82) is 0 Å². The van der Waals surface area contributed by atoms with Gasteiger partial charge in [-0.25, -0.2) is 18.4 Å². The number of nitrogens with two attached hydrogens (primary N) is 1. The van der Waals surface area contributed by atoms with E-state index in [1.165, 1.54) is 43.4 Å². The molecular weight excluding hydrogens is 1010 g/mol. The van der Waals surface area contributed by atoms with Crippen LogP contribution in [0.2, 0.25) is 0 Å². The molecule has 2 atom stereocenters. The van der Waals surface area contributed by atoms with E-state index in [2.05, 4.69) is 51.7 Å². The molecule has 2 fully saturated rings. The highest BCUT2D eigenvalue weighted by atomic mass is 32.2. The van der Waals surface area contributed by atoms with Crippen LogP contribution in [0.4, 0.5) is 4.79 Å². The number of oxime groups is 1. The Hall–Kier alpha value is -8.59. The van der Waals surface area contributed by atoms with E-state index in [1.807, 2.05) is 30.0 Å². The number of nitrogens with one attached hydrogen (secondary N) is 3. The molecule has 0 bridgehead atoms. The van der Waals surface area contributed by atoms with Gasteiger partial charge in [-0.15, -0.1) is 0 Å². The first-order valence-electron chi connectivity index (χ1n) is 24.6. The fourth-order valence-electron chi connectivity index (χ4n) is 9.70. The maximum atomic E-state index is 13.4. The number of primary sulfonamides is 1. The van der Waals surface area contributed by atoms with Gasteiger partial charge in [-0.05, 0) is 91.8 Å². The average Bonchev–Trinajstić information content (AvgIpc) is 4.20. The van der Waals surface area contributed by atoms with Crippen LogP contribution in [0.3, 0.4) is 0 Å². The molecule has 6 N–H and O–H groups in total. The first-order chi connectivity index (χ1) is 36.8. The number of rotatable bonds is 17. The Labute approximate surface area is 443 Å². The largest absolute Gasteiger partial charge is 0.497 e. The van der Waals surface area contributed by atoms with Gasteiger partial charge in [-0.1, -0.05) is 55.1 Å². The average molecular weight is 1070 g/mol. The molecule has 1 aromatic heterocycles. The summed E-state index contributed by atoms with van der Waals surface area (Å²) in [6.07, 6.45) is -0.139. The summed E-state index contributed by atoms with van der Waals surface area (Å²) in [5.74, 6) is 3.69. The van der Waals surface area contributed by atoms with Crippen LogP contribution >= 0.6 is 0 Å². The van der Waals surface area contributed by atoms with Crippen LogP contribution < -0.4 is 30.6 Å². The van der Waals surface area contributed by atoms with E-state index in [0.717, 1.165) is 30.8 Å². The van der Waals surface area contributed by atoms with E-state index >= 15 is 0 Å². The number of carbonyl (C=O) groups excluding carboxylic acids is 7. The predicted octanol–water partition coefficient (Wildman–Crippen LogP) is 2.93. The Bertz CT molecular complexity index is 3420. The lowest BCUT2D eigenvalue weighted by molar-refractivity contribution is -0.127. The minimum absolute atomic E-state index is 0.0224. The molecule has 77 heavy (non-hydrogen) atoms. The molecule has 5 aromatic rings. The number of sulfonamides is 1. The Balaban J connectivity index is 0.000000207. The third-order valence-corrected chi connectivity index (χ3v) is 14.6. The summed E-state index contributed by atoms with van der Waals surface area (Å²) >= 11 is 0. The maximum absolute atomic E-state index is 13.4. The van der Waals surface area contributed by atoms with Gasteiger partial charge in [-0.3, -0.25) is 39.4 Å². The first kappa shape index (κ1) is 54.7. The summed E-state index contributed by atoms with van der Waals surface area (Å²) in [5, 5.41) is 26.3. The molecule has 23 heteroatoms. The van der Waals surface area contributed by atoms with Gasteiger partial charge in [0.2, 0.25) is 27.4 Å². The monoisotopic (exact) mass is 1070 g/mol. The Morgan fingerprint density at radius 3 is 1.91 bits per heavy atom. The normalized spacial score (nSPS) is 18.8. The van der Waals surface area contributed by atoms with E-state index in [4.69, 9.17) is 19.0 Å². The van der Waals surface area contributed by atoms with Crippen molar-refractivity contribution in [3.8, 4) is 23.3 Å². The second kappa shape index (κ2) is 22.3. The van der Waals surface area contributed by atoms with Crippen molar-refractivity contribution in [3.63, 3.8) is 0 Å². The molecule has 7 amide bonds. The van der Waals surface area contributed by atoms with Gasteiger partial charge in [0.05, 0.1) is 27.2 Å². The van der Waals surface area contributed by atoms with Crippen molar-refractivity contribution in [2.24, 2.45) is 10.3 Å². The molecule has 0 spiro atoms. The Kier molecular flexibility index (Phi) is 15.8. The summed E-state index contributed by atoms with van der Waals surface area (Å²) in [6, 6.07) is 22.6. The van der Waals surface area contributed by atoms with Gasteiger partial charge in [0.1, 0.15) is 34.0 Å². The van der Waals surface area contributed by atoms with Crippen molar-refractivity contribution < 1.29 is 61.1 Å². The van der Waals surface area contributed by atoms with Gasteiger partial charge in [0.15, 0.2) is 11.6 Å². The second-order valence-corrected chi connectivity index (χ2v) is 20.4. The summed E-state index contributed by atoms with van der Waals surface area (Å²) in [4.78, 5) is 96.1. The maximum Gasteiger partial charge on any atom is 0.323 e. The standard InChI is InChI=1S/C31H37N5O6.C23H20N4O7S/c1-5-34(6-2)12-13-35(7-3)28(33-40)20-9-11-25-22(14-20)15-26(42-25)31(17-27(37)32-30(31)39)19-36-18-21-8-10-23(41-4)16-24(21)29(36)38;1-34-17-7-6-16-11-27(20(29)18(16)10-17)13-23(21(30)25-22(31)26-23)9-8-14-2-4-15(5-3-14)19(28)12-35(24,32)33/h8-11,14-16,40H,5-7,12-13,17-19H2,1-4H3,(H,32,37,39);2-7,10H,11-13H2,1H3,(H2,24,32,33)(H2,25,26,30,31)/b33-28+;/t31-;23-/m11/s1. The lowest BCUT2D eigenvalue weighted by atomic mass is 9.82. The van der Waals surface area contributed by atoms with Crippen LogP contribution in [0.5, 0.6) is 11.5 Å². The summed E-state index contributed by atoms with van der Waals surface area (Å²) in [7, 11) is -0.935. The van der Waals surface area contributed by atoms with Crippen molar-refractivity contribution in [3.05, 3.63) is 130 Å². The number of fused-ring (bicyclic) bond motifs is 3. The minimum atomic E-state index is -3.96. The molecule has 0 unspecified atom stereocenters. The molecule has 5 heterocycles. The summed E-state index contributed by atoms with van der Waals surface area (Å²) in [6.45, 7) is 10.6. The highest BCUT2D eigenvalue weighted by molar-refractivity contribution is 7.89. The molecule has 4 aliphatic rings. The number of methoxy groups -OCH3 is 2. The zero-order valence-corrected chi connectivity index (χ0v) is 43.7. The minimum Gasteiger partial charge on any atom is -0.497 e. The third-order valence-electron chi connectivity index (χ3n) is 13.9. The number of hydrogen-bond acceptors (Lipinski definition) is 15. The van der Waals surface area contributed by atoms with Crippen LogP contribution in [0.15, 0.2) is 94.5 Å². The van der Waals surface area contributed by atoms with E-state index in [9.17, 15) is 47.2 Å². The zero-order valence-electron chi connectivity index (χ0n) is 42.9. The fourth-order valence-corrected chi connectivity index (χ4v) is 10.2. The molecule has 0 aliphatic carbocycles. The summed E-state index contributed by atoms with van der Waals surface area (Å²) in [5.41, 5.74) is 1.19. The Morgan fingerprint density at radius 2 is 1.39 bits per heavy atom. The van der Waals surface area contributed by atoms with Gasteiger partial charge in [-0.2, -0.15) is 0 Å². The number of amidine groups is 1. The molecule has 9 rings (SSSR count). The first-order valence-corrected chi connectivity index (χ1v) is 26.3. The lowest BCUT2D eigenvalue weighted by Gasteiger charge is -2.28. The lowest BCUT2D eigenvalue weighted by Crippen LogP contribution is -2.54. The van der Waals surface area contributed by atoms with Gasteiger partial charge < -0.3 is 44.0 Å². The number of nitrogens with zero attached hydrogens (tertiary/aromatic N) is 5. The van der Waals surface area contributed by atoms with Crippen LogP contribution in [0, 0.1) is 11.8 Å². The fraction of sp³-hybridized carbons (Fsp3) is 0.333. The number of urea groups is 1. The van der Waals surface area contributed by atoms with E-state index in [1.54, 1.807) is 47.4 Å². The number of likely N-dealkylation sites (N-methyl/N-ethyl adjacent to an activating group) is 2. The Morgan fingerprint density at radius 1 is 0.779 bits per heavy atom. The molecule has 0 saturated carbocycles. The van der Waals surface area contributed by atoms with Crippen molar-refractivity contribution in [2.45, 2.75) is 51.2 Å². The number of amides is 7. The SMILES string of the molecule is CCN(CC)CCN(CC)/C(=N/O)c1ccc2oc([C@]3(CN4Cc5ccc(OC)cc5C4=O)CC(=O)NC3=O)cc2c1.COc1ccc2c(c1)C(=O)N(C[C@@]1(C#Cc3ccc(C(=O)CS(N)(=O)=O)cc3)NC(=O)NC1=O)C2. The number of imide groups is 2. The number of benzene rings is 4. The quantitative estimate of drug-likeness (QED) is 0.0131. The molecule has 22 nitrogen and oxygen atoms in total. The van der Waals surface area contributed by atoms with E-state index in [-0.39, 0.29) is 43.4 Å².